The van der Waals surface area contributed by atoms with E-state index in [1.54, 1.807) is 18.5 Å². The van der Waals surface area contributed by atoms with Gasteiger partial charge in [-0.2, -0.15) is 9.40 Å². The van der Waals surface area contributed by atoms with Crippen molar-refractivity contribution in [3.05, 3.63) is 53.5 Å². The van der Waals surface area contributed by atoms with E-state index in [-0.39, 0.29) is 12.5 Å². The number of carbonyl (C=O) groups is 1. The molecule has 0 unspecified atom stereocenters. The van der Waals surface area contributed by atoms with Crippen LogP contribution in [0, 0.1) is 0 Å². The molecule has 1 aliphatic heterocycles. The number of H-pyrrole nitrogens is 1. The fourth-order valence-corrected chi connectivity index (χ4v) is 5.30. The molecule has 0 spiro atoms. The zero-order chi connectivity index (χ0) is 24.7. The summed E-state index contributed by atoms with van der Waals surface area (Å²) >= 11 is 0. The lowest BCUT2D eigenvalue weighted by molar-refractivity contribution is 0.0946. The van der Waals surface area contributed by atoms with Crippen molar-refractivity contribution in [2.24, 2.45) is 0 Å². The van der Waals surface area contributed by atoms with Gasteiger partial charge in [0.15, 0.2) is 0 Å². The van der Waals surface area contributed by atoms with Gasteiger partial charge in [-0.3, -0.25) is 14.9 Å². The predicted molar refractivity (Wildman–Crippen MR) is 134 cm³/mol. The van der Waals surface area contributed by atoms with E-state index in [4.69, 9.17) is 4.98 Å². The molecule has 3 aromatic heterocycles. The molecular formula is C24H27N7O3S. The summed E-state index contributed by atoms with van der Waals surface area (Å²) in [5.74, 6) is -0.238. The first kappa shape index (κ1) is 23.3. The average Bonchev–Trinajstić information content (AvgIpc) is 3.31. The van der Waals surface area contributed by atoms with Crippen LogP contribution in [0.3, 0.4) is 0 Å². The lowest BCUT2D eigenvalue weighted by Crippen LogP contribution is -2.35. The molecule has 0 saturated heterocycles. The number of fused-ring (bicyclic) bond motifs is 5. The number of amides is 1. The summed E-state index contributed by atoms with van der Waals surface area (Å²) < 4.78 is 26.2. The van der Waals surface area contributed by atoms with Crippen LogP contribution in [-0.4, -0.2) is 83.7 Å². The first-order valence-corrected chi connectivity index (χ1v) is 13.2. The van der Waals surface area contributed by atoms with Gasteiger partial charge in [-0.25, -0.2) is 13.4 Å². The summed E-state index contributed by atoms with van der Waals surface area (Å²) in [4.78, 5) is 23.8. The van der Waals surface area contributed by atoms with E-state index in [1.165, 1.54) is 10.6 Å². The van der Waals surface area contributed by atoms with E-state index >= 15 is 0 Å². The molecule has 4 heterocycles. The standard InChI is InChI=1S/C24H27N7O3S/c1-30(2)11-9-25-24(32)21-5-4-15(12-26-21)23-18-14-31(35(3,33)34)10-8-16(18)22-17-13-27-29-19(17)6-7-20(22)28-23/h4-7,12-13H,8-11,14H2,1-3H3,(H,25,32)(H,27,29). The van der Waals surface area contributed by atoms with Crippen molar-refractivity contribution in [1.29, 1.82) is 0 Å². The Morgan fingerprint density at radius 3 is 2.71 bits per heavy atom. The van der Waals surface area contributed by atoms with Crippen molar-refractivity contribution in [2.45, 2.75) is 13.0 Å². The molecule has 1 amide bonds. The third-order valence-corrected chi connectivity index (χ3v) is 7.56. The molecule has 10 nitrogen and oxygen atoms in total. The molecule has 0 atom stereocenters. The number of sulfonamides is 1. The normalized spacial score (nSPS) is 14.5. The van der Waals surface area contributed by atoms with Crippen LogP contribution in [0.15, 0.2) is 36.7 Å². The van der Waals surface area contributed by atoms with Crippen LogP contribution in [0.1, 0.15) is 21.6 Å². The van der Waals surface area contributed by atoms with Gasteiger partial charge in [0.05, 0.1) is 29.2 Å². The molecular weight excluding hydrogens is 466 g/mol. The summed E-state index contributed by atoms with van der Waals surface area (Å²) in [5, 5.41) is 12.0. The number of benzene rings is 1. The zero-order valence-corrected chi connectivity index (χ0v) is 20.7. The van der Waals surface area contributed by atoms with E-state index in [0.29, 0.717) is 30.9 Å². The smallest absolute Gasteiger partial charge is 0.269 e. The number of likely N-dealkylation sites (N-methyl/N-ethyl adjacent to an activating group) is 1. The molecule has 35 heavy (non-hydrogen) atoms. The third kappa shape index (κ3) is 4.49. The summed E-state index contributed by atoms with van der Waals surface area (Å²) in [6.07, 6.45) is 5.21. The number of rotatable bonds is 6. The SMILES string of the molecule is CN(C)CCNC(=O)c1ccc(-c2nc3ccc4[nH]ncc4c3c3c2CN(S(C)(=O)=O)CC3)cn1. The molecule has 0 bridgehead atoms. The number of pyridine rings is 2. The molecule has 0 aliphatic carbocycles. The van der Waals surface area contributed by atoms with Crippen LogP contribution >= 0.6 is 0 Å². The van der Waals surface area contributed by atoms with E-state index in [9.17, 15) is 13.2 Å². The summed E-state index contributed by atoms with van der Waals surface area (Å²) in [6.45, 7) is 1.90. The Morgan fingerprint density at radius 1 is 1.17 bits per heavy atom. The molecule has 0 saturated carbocycles. The van der Waals surface area contributed by atoms with Gasteiger partial charge in [-0.15, -0.1) is 0 Å². The Kier molecular flexibility index (Phi) is 5.99. The van der Waals surface area contributed by atoms with Gasteiger partial charge in [0, 0.05) is 48.7 Å². The van der Waals surface area contributed by atoms with Crippen LogP contribution in [0.5, 0.6) is 0 Å². The van der Waals surface area contributed by atoms with Gasteiger partial charge in [-0.1, -0.05) is 0 Å². The lowest BCUT2D eigenvalue weighted by atomic mass is 9.91. The second kappa shape index (κ2) is 8.99. The summed E-state index contributed by atoms with van der Waals surface area (Å²) in [6, 6.07) is 7.38. The van der Waals surface area contributed by atoms with Crippen LogP contribution in [0.25, 0.3) is 33.1 Å². The van der Waals surface area contributed by atoms with Crippen molar-refractivity contribution < 1.29 is 13.2 Å². The van der Waals surface area contributed by atoms with Gasteiger partial charge in [0.1, 0.15) is 5.69 Å². The van der Waals surface area contributed by atoms with Crippen LogP contribution in [-0.2, 0) is 23.0 Å². The highest BCUT2D eigenvalue weighted by atomic mass is 32.2. The van der Waals surface area contributed by atoms with Crippen LogP contribution < -0.4 is 5.32 Å². The maximum Gasteiger partial charge on any atom is 0.269 e. The minimum absolute atomic E-state index is 0.230. The van der Waals surface area contributed by atoms with Gasteiger partial charge in [-0.05, 0) is 55.9 Å². The van der Waals surface area contributed by atoms with Gasteiger partial charge < -0.3 is 10.2 Å². The van der Waals surface area contributed by atoms with Gasteiger partial charge in [0.2, 0.25) is 10.0 Å². The number of aromatic nitrogens is 4. The molecule has 182 valence electrons. The minimum atomic E-state index is -3.37. The minimum Gasteiger partial charge on any atom is -0.349 e. The first-order valence-electron chi connectivity index (χ1n) is 11.3. The zero-order valence-electron chi connectivity index (χ0n) is 19.9. The third-order valence-electron chi connectivity index (χ3n) is 6.32. The Balaban J connectivity index is 1.58. The van der Waals surface area contributed by atoms with E-state index in [2.05, 4.69) is 20.5 Å². The van der Waals surface area contributed by atoms with Crippen molar-refractivity contribution in [3.8, 4) is 11.3 Å². The number of hydrogen-bond acceptors (Lipinski definition) is 7. The largest absolute Gasteiger partial charge is 0.349 e. The lowest BCUT2D eigenvalue weighted by Gasteiger charge is -2.29. The quantitative estimate of drug-likeness (QED) is 0.420. The van der Waals surface area contributed by atoms with Crippen molar-refractivity contribution in [1.82, 2.24) is 34.7 Å². The van der Waals surface area contributed by atoms with Crippen LogP contribution in [0.2, 0.25) is 0 Å². The molecule has 5 rings (SSSR count). The number of hydrogen-bond donors (Lipinski definition) is 2. The summed E-state index contributed by atoms with van der Waals surface area (Å²) in [5.41, 5.74) is 5.37. The number of nitrogens with one attached hydrogen (secondary N) is 2. The number of carbonyl (C=O) groups excluding carboxylic acids is 1. The second-order valence-electron chi connectivity index (χ2n) is 9.05. The number of nitrogens with zero attached hydrogens (tertiary/aromatic N) is 5. The molecule has 11 heteroatoms. The maximum absolute atomic E-state index is 12.4. The fraction of sp³-hybridized carbons (Fsp3) is 0.333. The molecule has 1 aromatic carbocycles. The molecule has 0 radical (unpaired) electrons. The molecule has 2 N–H and O–H groups in total. The number of aromatic amines is 1. The average molecular weight is 494 g/mol. The molecule has 4 aromatic rings. The Morgan fingerprint density at radius 2 is 2.00 bits per heavy atom. The highest BCUT2D eigenvalue weighted by Gasteiger charge is 2.29. The molecule has 1 aliphatic rings. The van der Waals surface area contributed by atoms with Crippen molar-refractivity contribution >= 4 is 37.7 Å². The van der Waals surface area contributed by atoms with Gasteiger partial charge >= 0.3 is 0 Å². The monoisotopic (exact) mass is 493 g/mol. The summed E-state index contributed by atoms with van der Waals surface area (Å²) in [7, 11) is 0.516. The van der Waals surface area contributed by atoms with Crippen LogP contribution in [0.4, 0.5) is 0 Å². The molecule has 0 fully saturated rings. The topological polar surface area (TPSA) is 124 Å². The Hall–Kier alpha value is -3.41. The van der Waals surface area contributed by atoms with E-state index in [1.807, 2.05) is 37.2 Å². The predicted octanol–water partition coefficient (Wildman–Crippen LogP) is 1.78. The van der Waals surface area contributed by atoms with Crippen molar-refractivity contribution in [3.63, 3.8) is 0 Å². The first-order chi connectivity index (χ1) is 16.7. The Bertz CT molecular complexity index is 1530. The second-order valence-corrected chi connectivity index (χ2v) is 11.0. The maximum atomic E-state index is 12.4. The van der Waals surface area contributed by atoms with E-state index < -0.39 is 10.0 Å². The van der Waals surface area contributed by atoms with Gasteiger partial charge in [0.25, 0.3) is 5.91 Å². The van der Waals surface area contributed by atoms with E-state index in [0.717, 1.165) is 45.0 Å². The highest BCUT2D eigenvalue weighted by molar-refractivity contribution is 7.88. The van der Waals surface area contributed by atoms with Crippen molar-refractivity contribution in [2.75, 3.05) is 40.0 Å². The Labute approximate surface area is 203 Å². The highest BCUT2D eigenvalue weighted by Crippen LogP contribution is 2.37. The fourth-order valence-electron chi connectivity index (χ4n) is 4.51.